The van der Waals surface area contributed by atoms with E-state index in [4.69, 9.17) is 18.9 Å². The van der Waals surface area contributed by atoms with Crippen molar-refractivity contribution in [2.45, 2.75) is 246 Å². The molecule has 3 saturated carbocycles. The molecule has 9 nitrogen and oxygen atoms in total. The first-order valence-corrected chi connectivity index (χ1v) is 29.3. The third-order valence-electron chi connectivity index (χ3n) is 18.0. The van der Waals surface area contributed by atoms with Crippen LogP contribution in [0, 0.1) is 46.3 Å². The number of hydrogen-bond donors (Lipinski definition) is 1. The van der Waals surface area contributed by atoms with E-state index >= 15 is 0 Å². The topological polar surface area (TPSA) is 103 Å². The van der Waals surface area contributed by atoms with E-state index in [2.05, 4.69) is 70.0 Å². The summed E-state index contributed by atoms with van der Waals surface area (Å²) in [7, 11) is 0. The number of allylic oxidation sites excluding steroid dienone is 3. The molecule has 0 spiro atoms. The van der Waals surface area contributed by atoms with Gasteiger partial charge in [-0.15, -0.1) is 0 Å². The van der Waals surface area contributed by atoms with Gasteiger partial charge in [-0.05, 0) is 149 Å². The molecule has 1 unspecified atom stereocenters. The second-order valence-electron chi connectivity index (χ2n) is 23.7. The smallest absolute Gasteiger partial charge is 0.414 e. The molecule has 5 rings (SSSR count). The zero-order valence-electron chi connectivity index (χ0n) is 45.3. The van der Waals surface area contributed by atoms with Crippen molar-refractivity contribution in [3.63, 3.8) is 0 Å². The number of rotatable bonds is 33. The van der Waals surface area contributed by atoms with E-state index in [-0.39, 0.29) is 43.7 Å². The summed E-state index contributed by atoms with van der Waals surface area (Å²) in [4.78, 5) is 40.7. The van der Waals surface area contributed by atoms with E-state index in [0.717, 1.165) is 87.9 Å². The van der Waals surface area contributed by atoms with Gasteiger partial charge in [0.1, 0.15) is 12.7 Å². The maximum Gasteiger partial charge on any atom is 0.414 e. The molecule has 69 heavy (non-hydrogen) atoms. The van der Waals surface area contributed by atoms with Crippen molar-refractivity contribution in [1.29, 1.82) is 0 Å². The molecule has 4 fully saturated rings. The molecule has 1 N–H and O–H groups in total. The number of likely N-dealkylation sites (tertiary alicyclic amines) is 1. The predicted octanol–water partition coefficient (Wildman–Crippen LogP) is 14.9. The number of esters is 1. The predicted molar refractivity (Wildman–Crippen MR) is 282 cm³/mol. The van der Waals surface area contributed by atoms with Gasteiger partial charge in [-0.3, -0.25) is 14.9 Å². The van der Waals surface area contributed by atoms with Crippen molar-refractivity contribution in [1.82, 2.24) is 10.2 Å². The fourth-order valence-corrected chi connectivity index (χ4v) is 14.0. The van der Waals surface area contributed by atoms with E-state index in [9.17, 15) is 14.4 Å². The van der Waals surface area contributed by atoms with Gasteiger partial charge in [-0.2, -0.15) is 0 Å². The molecule has 9 atom stereocenters. The highest BCUT2D eigenvalue weighted by molar-refractivity contribution is 5.93. The van der Waals surface area contributed by atoms with Crippen LogP contribution in [-0.2, 0) is 28.5 Å². The van der Waals surface area contributed by atoms with E-state index in [1.807, 2.05) is 0 Å². The number of carbonyl (C=O) groups is 3. The van der Waals surface area contributed by atoms with E-state index in [0.29, 0.717) is 17.9 Å². The lowest BCUT2D eigenvalue weighted by Crippen LogP contribution is -2.51. The molecular formula is C60H104N2O7. The molecule has 0 aromatic rings. The number of unbranched alkanes of at least 4 members (excludes halogenated alkanes) is 12. The Morgan fingerprint density at radius 3 is 2.20 bits per heavy atom. The number of fused-ring (bicyclic) bond motifs is 5. The van der Waals surface area contributed by atoms with Gasteiger partial charge < -0.3 is 23.8 Å². The highest BCUT2D eigenvalue weighted by atomic mass is 16.6. The lowest BCUT2D eigenvalue weighted by Gasteiger charge is -2.58. The molecule has 1 aliphatic heterocycles. The molecular weight excluding hydrogens is 861 g/mol. The summed E-state index contributed by atoms with van der Waals surface area (Å²) in [5, 5.41) is 2.38. The zero-order chi connectivity index (χ0) is 49.3. The first-order chi connectivity index (χ1) is 33.4. The van der Waals surface area contributed by atoms with Crippen LogP contribution in [0.4, 0.5) is 4.79 Å². The number of amides is 2. The SMILES string of the molecule is CCCCCCCC/C=C\CCCCCCCCOCC(CN1CCCCC1)OCCOC(=O)CCC(=O)NC(=O)O[C@H]1CC[C@@]2(C)C(=CC[C@H]3[C@@H]4CC[C@H]([C@H](C)CCCC(C)C)[C@@]4(C)CC[C@@H]32)C1. The Morgan fingerprint density at radius 1 is 0.768 bits per heavy atom. The van der Waals surface area contributed by atoms with Gasteiger partial charge in [0.2, 0.25) is 5.91 Å². The Hall–Kier alpha value is -2.23. The van der Waals surface area contributed by atoms with Crippen molar-refractivity contribution in [3.8, 4) is 0 Å². The Balaban J connectivity index is 0.911. The number of piperidine rings is 1. The van der Waals surface area contributed by atoms with Crippen molar-refractivity contribution in [2.24, 2.45) is 46.3 Å². The highest BCUT2D eigenvalue weighted by Gasteiger charge is 2.59. The standard InChI is InChI=1S/C60H104N2O7/c1-7-8-9-10-11-12-13-14-15-16-17-18-19-20-21-25-41-66-46-51(45-62-39-23-22-24-40-62)67-42-43-68-57(64)34-33-56(63)61-58(65)69-50-35-37-59(5)49(44-50)29-30-52-54-32-31-53(48(4)28-26-27-47(2)3)60(54,6)38-36-55(52)59/h14-15,29,47-48,50-55H,7-13,16-28,30-46H2,1-6H3,(H,61,63,65)/b15-14-/t48-,50+,51?,52+,53-,54+,55+,59+,60-/m1/s1. The van der Waals surface area contributed by atoms with Gasteiger partial charge in [0.25, 0.3) is 0 Å². The van der Waals surface area contributed by atoms with E-state index < -0.39 is 18.0 Å². The average Bonchev–Trinajstić information content (AvgIpc) is 3.69. The van der Waals surface area contributed by atoms with Crippen LogP contribution in [-0.4, -0.2) is 81.1 Å². The van der Waals surface area contributed by atoms with E-state index in [1.165, 1.54) is 153 Å². The van der Waals surface area contributed by atoms with Crippen LogP contribution in [0.3, 0.4) is 0 Å². The Labute approximate surface area is 422 Å². The third kappa shape index (κ3) is 19.3. The van der Waals surface area contributed by atoms with Crippen LogP contribution in [0.25, 0.3) is 0 Å². The van der Waals surface area contributed by atoms with Crippen LogP contribution in [0.1, 0.15) is 234 Å². The first-order valence-electron chi connectivity index (χ1n) is 29.3. The number of carbonyl (C=O) groups excluding carboxylic acids is 3. The summed E-state index contributed by atoms with van der Waals surface area (Å²) in [5.74, 6) is 3.72. The normalized spacial score (nSPS) is 27.9. The minimum atomic E-state index is -0.716. The fourth-order valence-electron chi connectivity index (χ4n) is 14.0. The van der Waals surface area contributed by atoms with E-state index in [1.54, 1.807) is 0 Å². The molecule has 0 aromatic heterocycles. The highest BCUT2D eigenvalue weighted by Crippen LogP contribution is 2.67. The van der Waals surface area contributed by atoms with Crippen molar-refractivity contribution in [2.75, 3.05) is 46.1 Å². The number of alkyl carbamates (subject to hydrolysis) is 1. The number of imide groups is 1. The first kappa shape index (κ1) is 57.7. The maximum absolute atomic E-state index is 12.9. The van der Waals surface area contributed by atoms with Crippen LogP contribution in [0.2, 0.25) is 0 Å². The molecule has 396 valence electrons. The summed E-state index contributed by atoms with van der Waals surface area (Å²) >= 11 is 0. The average molecular weight is 965 g/mol. The summed E-state index contributed by atoms with van der Waals surface area (Å²) in [5.41, 5.74) is 2.08. The Kier molecular flexibility index (Phi) is 26.2. The summed E-state index contributed by atoms with van der Waals surface area (Å²) in [6.45, 7) is 19.3. The van der Waals surface area contributed by atoms with Crippen LogP contribution < -0.4 is 5.32 Å². The van der Waals surface area contributed by atoms with Crippen molar-refractivity contribution < 1.29 is 33.3 Å². The monoisotopic (exact) mass is 965 g/mol. The molecule has 4 aliphatic carbocycles. The zero-order valence-corrected chi connectivity index (χ0v) is 45.3. The molecule has 1 saturated heterocycles. The largest absolute Gasteiger partial charge is 0.463 e. The number of nitrogens with one attached hydrogen (secondary N) is 1. The number of hydrogen-bond acceptors (Lipinski definition) is 8. The lowest BCUT2D eigenvalue weighted by atomic mass is 9.47. The second kappa shape index (κ2) is 31.4. The second-order valence-corrected chi connectivity index (χ2v) is 23.7. The number of ether oxygens (including phenoxy) is 4. The number of nitrogens with zero attached hydrogens (tertiary/aromatic N) is 1. The summed E-state index contributed by atoms with van der Waals surface area (Å²) in [6, 6.07) is 0. The van der Waals surface area contributed by atoms with Crippen LogP contribution in [0.5, 0.6) is 0 Å². The molecule has 0 bridgehead atoms. The maximum atomic E-state index is 12.9. The van der Waals surface area contributed by atoms with Crippen molar-refractivity contribution in [3.05, 3.63) is 23.8 Å². The van der Waals surface area contributed by atoms with Crippen LogP contribution in [0.15, 0.2) is 23.8 Å². The molecule has 5 aliphatic rings. The quantitative estimate of drug-likeness (QED) is 0.0394. The van der Waals surface area contributed by atoms with Gasteiger partial charge in [0, 0.05) is 26.0 Å². The van der Waals surface area contributed by atoms with Gasteiger partial charge in [-0.25, -0.2) is 4.79 Å². The van der Waals surface area contributed by atoms with Gasteiger partial charge in [-0.1, -0.05) is 149 Å². The summed E-state index contributed by atoms with van der Waals surface area (Å²) in [6.07, 6.45) is 41.0. The molecule has 2 amide bonds. The van der Waals surface area contributed by atoms with Gasteiger partial charge in [0.05, 0.1) is 25.7 Å². The van der Waals surface area contributed by atoms with Crippen molar-refractivity contribution >= 4 is 18.0 Å². The summed E-state index contributed by atoms with van der Waals surface area (Å²) < 4.78 is 23.6. The third-order valence-corrected chi connectivity index (χ3v) is 18.0. The Bertz CT molecular complexity index is 1540. The molecule has 0 radical (unpaired) electrons. The lowest BCUT2D eigenvalue weighted by molar-refractivity contribution is -0.147. The minimum absolute atomic E-state index is 0.0846. The van der Waals surface area contributed by atoms with Gasteiger partial charge >= 0.3 is 12.1 Å². The van der Waals surface area contributed by atoms with Crippen LogP contribution >= 0.6 is 0 Å². The minimum Gasteiger partial charge on any atom is -0.463 e. The Morgan fingerprint density at radius 2 is 1.48 bits per heavy atom. The fraction of sp³-hybridized carbons (Fsp3) is 0.883. The van der Waals surface area contributed by atoms with Gasteiger partial charge in [0.15, 0.2) is 0 Å². The molecule has 1 heterocycles. The molecule has 9 heteroatoms. The molecule has 0 aromatic carbocycles.